The fraction of sp³-hybridized carbons (Fsp3) is 0.0769. The van der Waals surface area contributed by atoms with E-state index < -0.39 is 11.9 Å². The molecule has 1 aliphatic rings. The summed E-state index contributed by atoms with van der Waals surface area (Å²) in [6, 6.07) is 23.5. The van der Waals surface area contributed by atoms with E-state index in [2.05, 4.69) is 5.32 Å². The number of rotatable bonds is 8. The van der Waals surface area contributed by atoms with Gasteiger partial charge in [-0.2, -0.15) is 0 Å². The minimum atomic E-state index is -0.656. The lowest BCUT2D eigenvalue weighted by molar-refractivity contribution is -0.115. The molecule has 0 saturated carbocycles. The summed E-state index contributed by atoms with van der Waals surface area (Å²) < 4.78 is 5.61. The van der Waals surface area contributed by atoms with E-state index in [1.54, 1.807) is 78.9 Å². The Hall–Kier alpha value is -4.52. The van der Waals surface area contributed by atoms with Gasteiger partial charge < -0.3 is 4.74 Å². The SMILES string of the molecule is O=C1NC(=O)N(CC(=O)c2ccccc2)/C1=C/c1cccc(OCC(=O)c2ccccc2)c1. The molecule has 164 valence electrons. The molecule has 1 saturated heterocycles. The van der Waals surface area contributed by atoms with Crippen molar-refractivity contribution in [2.24, 2.45) is 0 Å². The summed E-state index contributed by atoms with van der Waals surface area (Å²) in [6.07, 6.45) is 1.50. The highest BCUT2D eigenvalue weighted by Gasteiger charge is 2.34. The molecule has 1 N–H and O–H groups in total. The van der Waals surface area contributed by atoms with Gasteiger partial charge >= 0.3 is 6.03 Å². The van der Waals surface area contributed by atoms with E-state index in [4.69, 9.17) is 4.74 Å². The molecule has 3 aromatic carbocycles. The summed E-state index contributed by atoms with van der Waals surface area (Å²) in [6.45, 7) is -0.407. The molecule has 1 heterocycles. The maximum absolute atomic E-state index is 12.6. The van der Waals surface area contributed by atoms with Gasteiger partial charge in [-0.05, 0) is 23.8 Å². The van der Waals surface area contributed by atoms with Gasteiger partial charge in [0.15, 0.2) is 18.2 Å². The molecule has 33 heavy (non-hydrogen) atoms. The van der Waals surface area contributed by atoms with Gasteiger partial charge in [-0.15, -0.1) is 0 Å². The van der Waals surface area contributed by atoms with Crippen molar-refractivity contribution in [1.82, 2.24) is 10.2 Å². The molecule has 0 unspecified atom stereocenters. The molecule has 3 aromatic rings. The van der Waals surface area contributed by atoms with E-state index >= 15 is 0 Å². The number of benzene rings is 3. The van der Waals surface area contributed by atoms with Gasteiger partial charge in [-0.1, -0.05) is 72.8 Å². The van der Waals surface area contributed by atoms with E-state index in [9.17, 15) is 19.2 Å². The van der Waals surface area contributed by atoms with Gasteiger partial charge in [-0.25, -0.2) is 4.79 Å². The van der Waals surface area contributed by atoms with Crippen molar-refractivity contribution < 1.29 is 23.9 Å². The largest absolute Gasteiger partial charge is 0.485 e. The van der Waals surface area contributed by atoms with Gasteiger partial charge in [0.25, 0.3) is 5.91 Å². The molecule has 0 aliphatic carbocycles. The summed E-state index contributed by atoms with van der Waals surface area (Å²) in [4.78, 5) is 50.5. The Bertz CT molecular complexity index is 1240. The number of urea groups is 1. The maximum atomic E-state index is 12.6. The number of hydrogen-bond acceptors (Lipinski definition) is 5. The second-order valence-electron chi connectivity index (χ2n) is 7.31. The van der Waals surface area contributed by atoms with Crippen LogP contribution in [0.1, 0.15) is 26.3 Å². The summed E-state index contributed by atoms with van der Waals surface area (Å²) in [5.74, 6) is -0.606. The predicted octanol–water partition coefficient (Wildman–Crippen LogP) is 3.72. The zero-order valence-electron chi connectivity index (χ0n) is 17.6. The third-order valence-electron chi connectivity index (χ3n) is 5.01. The van der Waals surface area contributed by atoms with Crippen LogP contribution in [0.15, 0.2) is 90.6 Å². The average molecular weight is 440 g/mol. The van der Waals surface area contributed by atoms with Crippen LogP contribution in [-0.2, 0) is 4.79 Å². The predicted molar refractivity (Wildman–Crippen MR) is 122 cm³/mol. The van der Waals surface area contributed by atoms with Crippen molar-refractivity contribution in [3.63, 3.8) is 0 Å². The van der Waals surface area contributed by atoms with Gasteiger partial charge in [0.2, 0.25) is 0 Å². The molecule has 0 atom stereocenters. The van der Waals surface area contributed by atoms with Crippen molar-refractivity contribution >= 4 is 29.6 Å². The van der Waals surface area contributed by atoms with Crippen LogP contribution in [0.3, 0.4) is 0 Å². The number of amides is 3. The quantitative estimate of drug-likeness (QED) is 0.327. The van der Waals surface area contributed by atoms with Crippen molar-refractivity contribution in [3.8, 4) is 5.75 Å². The van der Waals surface area contributed by atoms with E-state index in [-0.39, 0.29) is 30.4 Å². The summed E-state index contributed by atoms with van der Waals surface area (Å²) in [5, 5.41) is 2.22. The Morgan fingerprint density at radius 1 is 0.818 bits per heavy atom. The topological polar surface area (TPSA) is 92.8 Å². The summed E-state index contributed by atoms with van der Waals surface area (Å²) in [5.41, 5.74) is 1.64. The number of ketones is 2. The van der Waals surface area contributed by atoms with Crippen LogP contribution in [-0.4, -0.2) is 41.6 Å². The molecular formula is C26H20N2O5. The Morgan fingerprint density at radius 3 is 2.12 bits per heavy atom. The molecular weight excluding hydrogens is 420 g/mol. The zero-order chi connectivity index (χ0) is 23.2. The lowest BCUT2D eigenvalue weighted by Gasteiger charge is -2.14. The smallest absolute Gasteiger partial charge is 0.329 e. The molecule has 0 spiro atoms. The van der Waals surface area contributed by atoms with Crippen molar-refractivity contribution in [3.05, 3.63) is 107 Å². The Morgan fingerprint density at radius 2 is 1.45 bits per heavy atom. The normalized spacial score (nSPS) is 14.3. The van der Waals surface area contributed by atoms with Crippen LogP contribution in [0.4, 0.5) is 4.79 Å². The number of Topliss-reactive ketones (excluding diaryl/α,β-unsaturated/α-hetero) is 2. The first-order valence-electron chi connectivity index (χ1n) is 10.2. The second kappa shape index (κ2) is 9.74. The summed E-state index contributed by atoms with van der Waals surface area (Å²) >= 11 is 0. The van der Waals surface area contributed by atoms with Crippen LogP contribution in [0.2, 0.25) is 0 Å². The van der Waals surface area contributed by atoms with Crippen molar-refractivity contribution in [2.45, 2.75) is 0 Å². The molecule has 1 aliphatic heterocycles. The lowest BCUT2D eigenvalue weighted by atomic mass is 10.1. The number of imide groups is 1. The molecule has 0 bridgehead atoms. The molecule has 3 amide bonds. The highest BCUT2D eigenvalue weighted by molar-refractivity contribution is 6.15. The molecule has 1 fully saturated rings. The number of hydrogen-bond donors (Lipinski definition) is 1. The maximum Gasteiger partial charge on any atom is 0.329 e. The van der Waals surface area contributed by atoms with E-state index in [0.717, 1.165) is 4.90 Å². The van der Waals surface area contributed by atoms with Crippen molar-refractivity contribution in [2.75, 3.05) is 13.2 Å². The standard InChI is InChI=1S/C26H20N2O5/c29-23(19-9-3-1-4-10-19)16-28-22(25(31)27-26(28)32)15-18-8-7-13-21(14-18)33-17-24(30)20-11-5-2-6-12-20/h1-15H,16-17H2,(H,27,31,32)/b22-15+. The fourth-order valence-corrected chi connectivity index (χ4v) is 3.33. The molecule has 0 radical (unpaired) electrons. The van der Waals surface area contributed by atoms with Crippen LogP contribution in [0.25, 0.3) is 6.08 Å². The number of nitrogens with zero attached hydrogens (tertiary/aromatic N) is 1. The van der Waals surface area contributed by atoms with Gasteiger partial charge in [-0.3, -0.25) is 24.6 Å². The van der Waals surface area contributed by atoms with Crippen molar-refractivity contribution in [1.29, 1.82) is 0 Å². The van der Waals surface area contributed by atoms with Crippen LogP contribution in [0.5, 0.6) is 5.75 Å². The lowest BCUT2D eigenvalue weighted by Crippen LogP contribution is -2.32. The first kappa shape index (κ1) is 21.7. The van der Waals surface area contributed by atoms with E-state index in [0.29, 0.717) is 22.4 Å². The zero-order valence-corrected chi connectivity index (χ0v) is 17.6. The number of ether oxygens (including phenoxy) is 1. The molecule has 0 aromatic heterocycles. The Labute approximate surface area is 190 Å². The average Bonchev–Trinajstić information content (AvgIpc) is 3.10. The minimum Gasteiger partial charge on any atom is -0.485 e. The van der Waals surface area contributed by atoms with E-state index in [1.165, 1.54) is 6.08 Å². The van der Waals surface area contributed by atoms with Crippen LogP contribution in [0, 0.1) is 0 Å². The molecule has 7 nitrogen and oxygen atoms in total. The monoisotopic (exact) mass is 440 g/mol. The Balaban J connectivity index is 1.49. The van der Waals surface area contributed by atoms with E-state index in [1.807, 2.05) is 6.07 Å². The van der Waals surface area contributed by atoms with Crippen LogP contribution < -0.4 is 10.1 Å². The molecule has 7 heteroatoms. The number of carbonyl (C=O) groups is 4. The third kappa shape index (κ3) is 5.22. The second-order valence-corrected chi connectivity index (χ2v) is 7.31. The fourth-order valence-electron chi connectivity index (χ4n) is 3.33. The first-order valence-corrected chi connectivity index (χ1v) is 10.2. The van der Waals surface area contributed by atoms with Gasteiger partial charge in [0, 0.05) is 11.1 Å². The highest BCUT2D eigenvalue weighted by atomic mass is 16.5. The number of nitrogens with one attached hydrogen (secondary N) is 1. The molecule has 4 rings (SSSR count). The first-order chi connectivity index (χ1) is 16.0. The number of carbonyl (C=O) groups excluding carboxylic acids is 4. The summed E-state index contributed by atoms with van der Waals surface area (Å²) in [7, 11) is 0. The third-order valence-corrected chi connectivity index (χ3v) is 5.01. The Kier molecular flexibility index (Phi) is 6.40. The van der Waals surface area contributed by atoms with Crippen LogP contribution >= 0.6 is 0 Å². The highest BCUT2D eigenvalue weighted by Crippen LogP contribution is 2.21. The van der Waals surface area contributed by atoms with Gasteiger partial charge in [0.1, 0.15) is 11.4 Å². The minimum absolute atomic E-state index is 0.0572. The van der Waals surface area contributed by atoms with Gasteiger partial charge in [0.05, 0.1) is 6.54 Å².